The zero-order valence-corrected chi connectivity index (χ0v) is 27.6. The van der Waals surface area contributed by atoms with Crippen LogP contribution in [-0.2, 0) is 4.79 Å². The minimum absolute atomic E-state index is 0.0000532. The average Bonchev–Trinajstić information content (AvgIpc) is 3.05. The van der Waals surface area contributed by atoms with Gasteiger partial charge < -0.3 is 38.1 Å². The van der Waals surface area contributed by atoms with E-state index in [-0.39, 0.29) is 24.4 Å². The van der Waals surface area contributed by atoms with E-state index in [9.17, 15) is 9.59 Å². The Morgan fingerprint density at radius 3 is 1.52 bits per heavy atom. The van der Waals surface area contributed by atoms with Crippen LogP contribution >= 0.6 is 11.6 Å². The predicted molar refractivity (Wildman–Crippen MR) is 176 cm³/mol. The van der Waals surface area contributed by atoms with Crippen LogP contribution in [0.25, 0.3) is 12.2 Å². The van der Waals surface area contributed by atoms with Crippen molar-refractivity contribution in [2.45, 2.75) is 6.92 Å². The Morgan fingerprint density at radius 1 is 0.717 bits per heavy atom. The van der Waals surface area contributed by atoms with Crippen LogP contribution < -0.4 is 33.2 Å². The molecule has 1 fully saturated rings. The number of allylic oxidation sites excluding steroid dienone is 1. The molecule has 0 bridgehead atoms. The van der Waals surface area contributed by atoms with Gasteiger partial charge in [-0.15, -0.1) is 0 Å². The molecule has 1 amide bonds. The molecule has 0 atom stereocenters. The molecule has 1 saturated heterocycles. The van der Waals surface area contributed by atoms with Crippen molar-refractivity contribution >= 4 is 35.4 Å². The van der Waals surface area contributed by atoms with Crippen LogP contribution in [0.5, 0.6) is 40.2 Å². The highest BCUT2D eigenvalue weighted by Gasteiger charge is 2.31. The molecule has 0 aromatic heterocycles. The molecule has 0 unspecified atom stereocenters. The summed E-state index contributed by atoms with van der Waals surface area (Å²) in [5, 5.41) is 0.354. The number of hydrogen-bond donors (Lipinski definition) is 0. The standard InChI is InChI=1S/C35H36ClNO9/c1-20(2)46-27-10-9-25(36)17-26(27)35(39)37-18-23(11-21-13-28(40-3)33(44-7)29(14-21)41-4)32(38)24(19-37)12-22-15-30(42-5)34(45-8)31(16-22)43-6/h9-17H,1,18-19H2,2-8H3/b23-11+,24-12+. The van der Waals surface area contributed by atoms with Crippen molar-refractivity contribution in [1.29, 1.82) is 0 Å². The van der Waals surface area contributed by atoms with Crippen LogP contribution in [-0.4, -0.2) is 72.3 Å². The lowest BCUT2D eigenvalue weighted by Crippen LogP contribution is -2.41. The Kier molecular flexibility index (Phi) is 10.9. The van der Waals surface area contributed by atoms with Crippen LogP contribution in [0.3, 0.4) is 0 Å². The van der Waals surface area contributed by atoms with E-state index in [4.69, 9.17) is 44.8 Å². The van der Waals surface area contributed by atoms with Gasteiger partial charge in [0.15, 0.2) is 28.8 Å². The molecule has 0 radical (unpaired) electrons. The molecule has 0 spiro atoms. The van der Waals surface area contributed by atoms with E-state index >= 15 is 0 Å². The number of ketones is 1. The van der Waals surface area contributed by atoms with E-state index in [2.05, 4.69) is 6.58 Å². The molecule has 1 aliphatic rings. The maximum Gasteiger partial charge on any atom is 0.258 e. The minimum atomic E-state index is -0.391. The van der Waals surface area contributed by atoms with Gasteiger partial charge in [-0.05, 0) is 72.7 Å². The fourth-order valence-corrected chi connectivity index (χ4v) is 5.24. The number of methoxy groups -OCH3 is 6. The number of amides is 1. The molecular weight excluding hydrogens is 614 g/mol. The zero-order valence-electron chi connectivity index (χ0n) is 26.8. The van der Waals surface area contributed by atoms with Crippen LogP contribution in [0.2, 0.25) is 5.02 Å². The van der Waals surface area contributed by atoms with Gasteiger partial charge in [0.25, 0.3) is 5.91 Å². The van der Waals surface area contributed by atoms with E-state index in [1.54, 1.807) is 60.4 Å². The van der Waals surface area contributed by atoms with Gasteiger partial charge in [-0.3, -0.25) is 9.59 Å². The zero-order chi connectivity index (χ0) is 33.5. The first-order chi connectivity index (χ1) is 22.1. The first-order valence-electron chi connectivity index (χ1n) is 14.0. The first-order valence-corrected chi connectivity index (χ1v) is 14.4. The van der Waals surface area contributed by atoms with Gasteiger partial charge in [0.05, 0.1) is 67.1 Å². The summed E-state index contributed by atoms with van der Waals surface area (Å²) in [6.07, 6.45) is 3.39. The Hall–Kier alpha value is -5.09. The average molecular weight is 650 g/mol. The third-order valence-electron chi connectivity index (χ3n) is 7.11. The highest BCUT2D eigenvalue weighted by Crippen LogP contribution is 2.41. The van der Waals surface area contributed by atoms with Crippen molar-refractivity contribution < 1.29 is 42.7 Å². The Balaban J connectivity index is 1.88. The van der Waals surface area contributed by atoms with E-state index in [0.717, 1.165) is 0 Å². The second-order valence-electron chi connectivity index (χ2n) is 10.2. The monoisotopic (exact) mass is 649 g/mol. The number of Topliss-reactive ketones (excluding diaryl/α,β-unsaturated/α-hetero) is 1. The smallest absolute Gasteiger partial charge is 0.258 e. The maximum absolute atomic E-state index is 14.1. The number of carbonyl (C=O) groups excluding carboxylic acids is 2. The number of likely N-dealkylation sites (tertiary alicyclic amines) is 1. The van der Waals surface area contributed by atoms with Gasteiger partial charge in [-0.2, -0.15) is 0 Å². The third-order valence-corrected chi connectivity index (χ3v) is 7.34. The van der Waals surface area contributed by atoms with Crippen molar-refractivity contribution in [3.8, 4) is 40.2 Å². The van der Waals surface area contributed by atoms with Crippen LogP contribution in [0, 0.1) is 0 Å². The fraction of sp³-hybridized carbons (Fsp3) is 0.257. The Labute approximate surface area is 273 Å². The van der Waals surface area contributed by atoms with Crippen molar-refractivity contribution in [1.82, 2.24) is 4.90 Å². The number of benzene rings is 3. The number of nitrogens with zero attached hydrogens (tertiary/aromatic N) is 1. The molecule has 4 rings (SSSR count). The number of rotatable bonds is 11. The van der Waals surface area contributed by atoms with Crippen molar-refractivity contribution in [3.05, 3.63) is 87.7 Å². The quantitative estimate of drug-likeness (QED) is 0.170. The van der Waals surface area contributed by atoms with Crippen LogP contribution in [0.1, 0.15) is 28.4 Å². The summed E-state index contributed by atoms with van der Waals surface area (Å²) < 4.78 is 38.7. The number of halogens is 1. The first kappa shape index (κ1) is 33.8. The van der Waals surface area contributed by atoms with Crippen molar-refractivity contribution in [2.75, 3.05) is 55.7 Å². The molecule has 3 aromatic rings. The lowest BCUT2D eigenvalue weighted by atomic mass is 9.93. The molecule has 46 heavy (non-hydrogen) atoms. The second kappa shape index (κ2) is 14.8. The Morgan fingerprint density at radius 2 is 1.15 bits per heavy atom. The number of carbonyl (C=O) groups is 2. The van der Waals surface area contributed by atoms with Crippen LogP contribution in [0.15, 0.2) is 65.9 Å². The summed E-state index contributed by atoms with van der Waals surface area (Å²) in [4.78, 5) is 29.7. The lowest BCUT2D eigenvalue weighted by Gasteiger charge is -2.30. The Bertz CT molecular complexity index is 1590. The number of ether oxygens (including phenoxy) is 7. The van der Waals surface area contributed by atoms with Crippen LogP contribution in [0.4, 0.5) is 0 Å². The van der Waals surface area contributed by atoms with E-state index in [1.165, 1.54) is 48.7 Å². The molecule has 11 heteroatoms. The predicted octanol–water partition coefficient (Wildman–Crippen LogP) is 6.50. The summed E-state index contributed by atoms with van der Waals surface area (Å²) in [6, 6.07) is 11.7. The molecular formula is C35H36ClNO9. The second-order valence-corrected chi connectivity index (χ2v) is 10.6. The minimum Gasteiger partial charge on any atom is -0.493 e. The summed E-state index contributed by atoms with van der Waals surface area (Å²) in [5.74, 6) is 2.53. The molecule has 1 heterocycles. The van der Waals surface area contributed by atoms with Crippen molar-refractivity contribution in [3.63, 3.8) is 0 Å². The SMILES string of the molecule is C=C(C)Oc1ccc(Cl)cc1C(=O)N1C/C(=C\c2cc(OC)c(OC)c(OC)c2)C(=O)/C(=C/c2cc(OC)c(OC)c(OC)c2)C1. The molecule has 1 aliphatic heterocycles. The third kappa shape index (κ3) is 7.24. The van der Waals surface area contributed by atoms with Gasteiger partial charge in [0.2, 0.25) is 11.5 Å². The topological polar surface area (TPSA) is 102 Å². The molecule has 0 saturated carbocycles. The van der Waals surface area contributed by atoms with Gasteiger partial charge in [-0.1, -0.05) is 18.2 Å². The van der Waals surface area contributed by atoms with Gasteiger partial charge in [0, 0.05) is 16.2 Å². The lowest BCUT2D eigenvalue weighted by molar-refractivity contribution is -0.113. The van der Waals surface area contributed by atoms with E-state index in [0.29, 0.717) is 73.3 Å². The van der Waals surface area contributed by atoms with Crippen molar-refractivity contribution in [2.24, 2.45) is 0 Å². The summed E-state index contributed by atoms with van der Waals surface area (Å²) in [6.45, 7) is 5.47. The molecule has 242 valence electrons. The molecule has 0 N–H and O–H groups in total. The summed E-state index contributed by atoms with van der Waals surface area (Å²) in [7, 11) is 9.05. The largest absolute Gasteiger partial charge is 0.493 e. The van der Waals surface area contributed by atoms with Gasteiger partial charge in [0.1, 0.15) is 5.75 Å². The molecule has 10 nitrogen and oxygen atoms in total. The normalized spacial score (nSPS) is 14.6. The van der Waals surface area contributed by atoms with E-state index < -0.39 is 5.91 Å². The summed E-state index contributed by atoms with van der Waals surface area (Å²) in [5.41, 5.74) is 2.12. The molecule has 3 aromatic carbocycles. The van der Waals surface area contributed by atoms with Gasteiger partial charge >= 0.3 is 0 Å². The van der Waals surface area contributed by atoms with Gasteiger partial charge in [-0.25, -0.2) is 0 Å². The highest BCUT2D eigenvalue weighted by atomic mass is 35.5. The molecule has 0 aliphatic carbocycles. The fourth-order valence-electron chi connectivity index (χ4n) is 5.07. The number of hydrogen-bond acceptors (Lipinski definition) is 9. The summed E-state index contributed by atoms with van der Waals surface area (Å²) >= 11 is 6.30. The number of piperidine rings is 1. The maximum atomic E-state index is 14.1. The van der Waals surface area contributed by atoms with E-state index in [1.807, 2.05) is 0 Å². The highest BCUT2D eigenvalue weighted by molar-refractivity contribution is 6.31.